The fourth-order valence-electron chi connectivity index (χ4n) is 0.358. The smallest absolute Gasteiger partial charge is 0.172 e. The first-order valence-corrected chi connectivity index (χ1v) is 7.54. The molecule has 7 heteroatoms. The van der Waals surface area contributed by atoms with Crippen LogP contribution in [-0.4, -0.2) is 32.9 Å². The minimum absolute atomic E-state index is 0.457. The summed E-state index contributed by atoms with van der Waals surface area (Å²) in [6.07, 6.45) is 5.57. The minimum Gasteiger partial charge on any atom is -0.172 e. The lowest BCUT2D eigenvalue weighted by molar-refractivity contribution is 1.64. The van der Waals surface area contributed by atoms with Gasteiger partial charge >= 0.3 is 9.67 Å². The third-order valence-corrected chi connectivity index (χ3v) is 3.39. The second-order valence-electron chi connectivity index (χ2n) is 1.62. The summed E-state index contributed by atoms with van der Waals surface area (Å²) in [6, 6.07) is 0. The molecule has 0 heterocycles. The fraction of sp³-hybridized carbons (Fsp3) is 0.500. The Morgan fingerprint density at radius 1 is 1.08 bits per heavy atom. The van der Waals surface area contributed by atoms with Crippen molar-refractivity contribution in [2.24, 2.45) is 4.99 Å². The molecule has 74 valence electrons. The molecule has 0 aliphatic rings. The molecule has 0 spiro atoms. The van der Waals surface area contributed by atoms with Gasteiger partial charge in [-0.2, -0.15) is 4.67 Å². The van der Waals surface area contributed by atoms with E-state index in [-0.39, 0.29) is 0 Å². The Hall–Kier alpha value is 0.750. The van der Waals surface area contributed by atoms with E-state index in [2.05, 4.69) is 9.66 Å². The van der Waals surface area contributed by atoms with Crippen LogP contribution in [0.1, 0.15) is 0 Å². The van der Waals surface area contributed by atoms with Gasteiger partial charge in [-0.3, -0.25) is 0 Å². The molecule has 13 heavy (non-hydrogen) atoms. The maximum absolute atomic E-state index is 5.73. The van der Waals surface area contributed by atoms with Crippen LogP contribution in [0.4, 0.5) is 0 Å². The zero-order valence-corrected chi connectivity index (χ0v) is 11.3. The molecule has 2 nitrogen and oxygen atoms in total. The number of hydrogen-bond acceptors (Lipinski definition) is 3. The zero-order chi connectivity index (χ0) is 10.3. The lowest BCUT2D eigenvalue weighted by Crippen LogP contribution is -1.97. The Kier molecular flexibility index (Phi) is 8.56. The lowest BCUT2D eigenvalue weighted by atomic mass is 11.2. The molecule has 0 radical (unpaired) electrons. The van der Waals surface area contributed by atoms with Gasteiger partial charge < -0.3 is 0 Å². The molecule has 0 aromatic rings. The van der Waals surface area contributed by atoms with Crippen molar-refractivity contribution in [3.8, 4) is 0 Å². The van der Waals surface area contributed by atoms with Gasteiger partial charge in [-0.05, 0) is 53.7 Å². The van der Waals surface area contributed by atoms with E-state index in [1.165, 1.54) is 35.3 Å². The van der Waals surface area contributed by atoms with Crippen LogP contribution in [0.2, 0.25) is 0 Å². The third-order valence-electron chi connectivity index (χ3n) is 0.887. The molecular formula is C6H9Cl2N2S3+. The molecular weight excluding hydrogens is 267 g/mol. The van der Waals surface area contributed by atoms with Crippen molar-refractivity contribution in [1.29, 1.82) is 0 Å². The number of halogens is 2. The van der Waals surface area contributed by atoms with Crippen LogP contribution in [-0.2, 0) is 0 Å². The first-order valence-electron chi connectivity index (χ1n) is 3.11. The third kappa shape index (κ3) is 6.77. The highest BCUT2D eigenvalue weighted by Gasteiger charge is 2.10. The van der Waals surface area contributed by atoms with Crippen LogP contribution in [0.3, 0.4) is 0 Å². The van der Waals surface area contributed by atoms with E-state index in [0.717, 1.165) is 0 Å². The molecule has 0 saturated carbocycles. The van der Waals surface area contributed by atoms with Gasteiger partial charge in [-0.1, -0.05) is 23.5 Å². The molecule has 0 rings (SSSR count). The number of hydrogen-bond donors (Lipinski definition) is 0. The van der Waals surface area contributed by atoms with Crippen molar-refractivity contribution < 1.29 is 0 Å². The van der Waals surface area contributed by atoms with E-state index in [9.17, 15) is 0 Å². The van der Waals surface area contributed by atoms with Gasteiger partial charge in [-0.25, -0.2) is 0 Å². The van der Waals surface area contributed by atoms with Gasteiger partial charge in [0.25, 0.3) is 4.50 Å². The van der Waals surface area contributed by atoms with E-state index >= 15 is 0 Å². The summed E-state index contributed by atoms with van der Waals surface area (Å²) in [6.45, 7) is 0. The second kappa shape index (κ2) is 8.09. The highest BCUT2D eigenvalue weighted by atomic mass is 35.5. The number of rotatable bonds is 0. The molecule has 0 aliphatic carbocycles. The van der Waals surface area contributed by atoms with Crippen LogP contribution in [0, 0.1) is 0 Å². The number of amidine groups is 1. The van der Waals surface area contributed by atoms with Gasteiger partial charge in [-0.15, -0.1) is 0 Å². The predicted octanol–water partition coefficient (Wildman–Crippen LogP) is 2.69. The molecule has 0 saturated heterocycles. The Morgan fingerprint density at radius 3 is 2.08 bits per heavy atom. The van der Waals surface area contributed by atoms with Gasteiger partial charge in [0.1, 0.15) is 0 Å². The van der Waals surface area contributed by atoms with Crippen molar-refractivity contribution in [3.05, 3.63) is 0 Å². The van der Waals surface area contributed by atoms with Crippen LogP contribution in [0.5, 0.6) is 0 Å². The molecule has 0 aromatic carbocycles. The standard InChI is InChI=1S/C6H9Cl2N2S3/c1-11-4(7)9-6(13-3)10-5(8)12-2/h1-3H3/q+1. The van der Waals surface area contributed by atoms with E-state index in [0.29, 0.717) is 14.2 Å². The van der Waals surface area contributed by atoms with Crippen molar-refractivity contribution in [2.45, 2.75) is 0 Å². The molecule has 0 amide bonds. The summed E-state index contributed by atoms with van der Waals surface area (Å²) in [5.41, 5.74) is 0. The number of thioether (sulfide) groups is 3. The van der Waals surface area contributed by atoms with Crippen LogP contribution in [0.15, 0.2) is 4.99 Å². The summed E-state index contributed by atoms with van der Waals surface area (Å²) in [5, 5.41) is 0.568. The highest BCUT2D eigenvalue weighted by molar-refractivity contribution is 8.17. The van der Waals surface area contributed by atoms with Gasteiger partial charge in [0, 0.05) is 4.99 Å². The largest absolute Gasteiger partial charge is 0.455 e. The number of aliphatic imine (C=N–C) groups is 1. The fourth-order valence-corrected chi connectivity index (χ4v) is 1.45. The summed E-state index contributed by atoms with van der Waals surface area (Å²) < 4.78 is 4.96. The van der Waals surface area contributed by atoms with Crippen LogP contribution >= 0.6 is 58.5 Å². The molecule has 0 atom stereocenters. The van der Waals surface area contributed by atoms with Crippen molar-refractivity contribution >= 4 is 72.7 Å². The van der Waals surface area contributed by atoms with E-state index in [1.807, 2.05) is 18.8 Å². The van der Waals surface area contributed by atoms with Crippen LogP contribution in [0.25, 0.3) is 0 Å². The van der Waals surface area contributed by atoms with Crippen molar-refractivity contribution in [1.82, 2.24) is 4.67 Å². The first-order chi connectivity index (χ1) is 6.13. The average Bonchev–Trinajstić information content (AvgIpc) is 2.16. The molecule has 0 fully saturated rings. The van der Waals surface area contributed by atoms with Crippen molar-refractivity contribution in [3.63, 3.8) is 0 Å². The Labute approximate surface area is 101 Å². The molecule has 0 aliphatic heterocycles. The summed E-state index contributed by atoms with van der Waals surface area (Å²) >= 11 is 15.6. The van der Waals surface area contributed by atoms with Gasteiger partial charge in [0.05, 0.1) is 0 Å². The van der Waals surface area contributed by atoms with E-state index in [4.69, 9.17) is 23.2 Å². The average molecular weight is 276 g/mol. The van der Waals surface area contributed by atoms with Gasteiger partial charge in [0.2, 0.25) is 0 Å². The molecule has 0 aromatic heterocycles. The Morgan fingerprint density at radius 2 is 1.69 bits per heavy atom. The minimum atomic E-state index is 0.457. The summed E-state index contributed by atoms with van der Waals surface area (Å²) in [5.74, 6) is 0. The first kappa shape index (κ1) is 13.8. The maximum Gasteiger partial charge on any atom is 0.455 e. The highest BCUT2D eigenvalue weighted by Crippen LogP contribution is 2.07. The van der Waals surface area contributed by atoms with Gasteiger partial charge in [0.15, 0.2) is 0 Å². The van der Waals surface area contributed by atoms with Crippen molar-refractivity contribution in [2.75, 3.05) is 18.8 Å². The number of nitrogens with zero attached hydrogens (tertiary/aromatic N) is 2. The van der Waals surface area contributed by atoms with Crippen LogP contribution < -0.4 is 4.67 Å². The van der Waals surface area contributed by atoms with E-state index < -0.39 is 0 Å². The SMILES string of the molecule is CSC(Cl)=[N+]=C(/N=C(\Cl)SC)SC. The molecule has 0 N–H and O–H groups in total. The summed E-state index contributed by atoms with van der Waals surface area (Å²) in [4.78, 5) is 4.04. The summed E-state index contributed by atoms with van der Waals surface area (Å²) in [7, 11) is 0. The maximum atomic E-state index is 5.73. The topological polar surface area (TPSA) is 26.5 Å². The normalized spacial score (nSPS) is 11.0. The molecule has 0 unspecified atom stereocenters. The second-order valence-corrected chi connectivity index (χ2v) is 5.15. The lowest BCUT2D eigenvalue weighted by Gasteiger charge is -1.81. The Bertz CT molecular complexity index is 259. The quantitative estimate of drug-likeness (QED) is 0.386. The monoisotopic (exact) mass is 275 g/mol. The predicted molar refractivity (Wildman–Crippen MR) is 71.8 cm³/mol. The molecule has 0 bridgehead atoms. The Balaban J connectivity index is 4.81. The van der Waals surface area contributed by atoms with E-state index in [1.54, 1.807) is 0 Å². The zero-order valence-electron chi connectivity index (χ0n) is 7.38.